The lowest BCUT2D eigenvalue weighted by Crippen LogP contribution is -2.34. The van der Waals surface area contributed by atoms with Crippen molar-refractivity contribution >= 4 is 5.97 Å². The van der Waals surface area contributed by atoms with Gasteiger partial charge in [0.2, 0.25) is 0 Å². The second kappa shape index (κ2) is 7.65. The molecule has 0 radical (unpaired) electrons. The standard InChI is InChI=1S/C11H23NO3/c1-5-15-10(13)8-12-9-11(2,3)6-7-14-4/h12H,5-9H2,1-4H3. The fourth-order valence-electron chi connectivity index (χ4n) is 1.18. The summed E-state index contributed by atoms with van der Waals surface area (Å²) < 4.78 is 9.84. The molecule has 4 nitrogen and oxygen atoms in total. The Morgan fingerprint density at radius 1 is 1.40 bits per heavy atom. The Morgan fingerprint density at radius 2 is 2.07 bits per heavy atom. The number of rotatable bonds is 8. The van der Waals surface area contributed by atoms with Gasteiger partial charge in [-0.1, -0.05) is 13.8 Å². The van der Waals surface area contributed by atoms with Crippen molar-refractivity contribution < 1.29 is 14.3 Å². The van der Waals surface area contributed by atoms with E-state index in [4.69, 9.17) is 9.47 Å². The third-order valence-electron chi connectivity index (χ3n) is 2.16. The van der Waals surface area contributed by atoms with Crippen molar-refractivity contribution in [1.29, 1.82) is 0 Å². The zero-order valence-corrected chi connectivity index (χ0v) is 10.3. The summed E-state index contributed by atoms with van der Waals surface area (Å²) in [6, 6.07) is 0. The number of hydrogen-bond acceptors (Lipinski definition) is 4. The van der Waals surface area contributed by atoms with Crippen molar-refractivity contribution in [2.24, 2.45) is 5.41 Å². The maximum atomic E-state index is 11.0. The lowest BCUT2D eigenvalue weighted by Gasteiger charge is -2.24. The van der Waals surface area contributed by atoms with Crippen LogP contribution in [0.15, 0.2) is 0 Å². The summed E-state index contributed by atoms with van der Waals surface area (Å²) in [7, 11) is 1.70. The molecule has 0 aromatic rings. The first kappa shape index (κ1) is 14.4. The predicted octanol–water partition coefficient (Wildman–Crippen LogP) is 1.20. The highest BCUT2D eigenvalue weighted by Crippen LogP contribution is 2.18. The summed E-state index contributed by atoms with van der Waals surface area (Å²) in [6.45, 7) is 8.34. The van der Waals surface area contributed by atoms with E-state index < -0.39 is 0 Å². The van der Waals surface area contributed by atoms with Crippen LogP contribution in [0.2, 0.25) is 0 Å². The minimum Gasteiger partial charge on any atom is -0.465 e. The molecule has 0 spiro atoms. The molecule has 0 aliphatic carbocycles. The molecule has 0 unspecified atom stereocenters. The minimum absolute atomic E-state index is 0.141. The second-order valence-electron chi connectivity index (χ2n) is 4.32. The highest BCUT2D eigenvalue weighted by molar-refractivity contribution is 5.71. The van der Waals surface area contributed by atoms with Gasteiger partial charge in [0, 0.05) is 20.3 Å². The average molecular weight is 217 g/mol. The molecule has 0 aliphatic rings. The molecular formula is C11H23NO3. The largest absolute Gasteiger partial charge is 0.465 e. The van der Waals surface area contributed by atoms with E-state index in [9.17, 15) is 4.79 Å². The van der Waals surface area contributed by atoms with Gasteiger partial charge in [-0.25, -0.2) is 0 Å². The van der Waals surface area contributed by atoms with Crippen LogP contribution in [0.1, 0.15) is 27.2 Å². The van der Waals surface area contributed by atoms with Crippen LogP contribution in [0.3, 0.4) is 0 Å². The summed E-state index contributed by atoms with van der Waals surface area (Å²) in [5.74, 6) is -0.194. The Balaban J connectivity index is 3.60. The zero-order valence-electron chi connectivity index (χ0n) is 10.3. The van der Waals surface area contributed by atoms with Gasteiger partial charge in [0.25, 0.3) is 0 Å². The Kier molecular flexibility index (Phi) is 7.34. The van der Waals surface area contributed by atoms with Gasteiger partial charge < -0.3 is 14.8 Å². The van der Waals surface area contributed by atoms with Gasteiger partial charge in [-0.2, -0.15) is 0 Å². The fourth-order valence-corrected chi connectivity index (χ4v) is 1.18. The molecule has 0 saturated heterocycles. The first-order chi connectivity index (χ1) is 7.02. The fraction of sp³-hybridized carbons (Fsp3) is 0.909. The average Bonchev–Trinajstić information content (AvgIpc) is 2.15. The number of methoxy groups -OCH3 is 1. The van der Waals surface area contributed by atoms with Gasteiger partial charge in [-0.3, -0.25) is 4.79 Å². The quantitative estimate of drug-likeness (QED) is 0.621. The van der Waals surface area contributed by atoms with E-state index in [1.54, 1.807) is 14.0 Å². The van der Waals surface area contributed by atoms with Crippen LogP contribution in [0.4, 0.5) is 0 Å². The van der Waals surface area contributed by atoms with Gasteiger partial charge >= 0.3 is 5.97 Å². The van der Waals surface area contributed by atoms with Crippen molar-refractivity contribution in [3.05, 3.63) is 0 Å². The Hall–Kier alpha value is -0.610. The van der Waals surface area contributed by atoms with Gasteiger partial charge in [-0.05, 0) is 18.8 Å². The molecule has 90 valence electrons. The van der Waals surface area contributed by atoms with Gasteiger partial charge in [0.1, 0.15) is 0 Å². The van der Waals surface area contributed by atoms with E-state index in [2.05, 4.69) is 19.2 Å². The molecule has 1 N–H and O–H groups in total. The molecule has 0 atom stereocenters. The van der Waals surface area contributed by atoms with Crippen LogP contribution in [0, 0.1) is 5.41 Å². The maximum absolute atomic E-state index is 11.0. The van der Waals surface area contributed by atoms with Crippen molar-refractivity contribution in [2.75, 3.05) is 33.4 Å². The van der Waals surface area contributed by atoms with Crippen LogP contribution in [0.25, 0.3) is 0 Å². The van der Waals surface area contributed by atoms with Crippen molar-refractivity contribution in [3.8, 4) is 0 Å². The number of nitrogens with one attached hydrogen (secondary N) is 1. The summed E-state index contributed by atoms with van der Waals surface area (Å²) >= 11 is 0. The SMILES string of the molecule is CCOC(=O)CNCC(C)(C)CCOC. The van der Waals surface area contributed by atoms with Crippen LogP contribution < -0.4 is 5.32 Å². The van der Waals surface area contributed by atoms with Crippen molar-refractivity contribution in [3.63, 3.8) is 0 Å². The third kappa shape index (κ3) is 8.39. The van der Waals surface area contributed by atoms with Crippen LogP contribution in [0.5, 0.6) is 0 Å². The lowest BCUT2D eigenvalue weighted by molar-refractivity contribution is -0.142. The summed E-state index contributed by atoms with van der Waals surface area (Å²) in [4.78, 5) is 11.0. The summed E-state index contributed by atoms with van der Waals surface area (Å²) in [5.41, 5.74) is 0.141. The Bertz CT molecular complexity index is 181. The maximum Gasteiger partial charge on any atom is 0.319 e. The second-order valence-corrected chi connectivity index (χ2v) is 4.32. The van der Waals surface area contributed by atoms with E-state index >= 15 is 0 Å². The first-order valence-corrected chi connectivity index (χ1v) is 5.37. The topological polar surface area (TPSA) is 47.6 Å². The number of ether oxygens (including phenoxy) is 2. The third-order valence-corrected chi connectivity index (χ3v) is 2.16. The summed E-state index contributed by atoms with van der Waals surface area (Å²) in [5, 5.41) is 3.09. The molecule has 0 saturated carbocycles. The molecule has 0 aromatic carbocycles. The first-order valence-electron chi connectivity index (χ1n) is 5.37. The number of hydrogen-bond donors (Lipinski definition) is 1. The van der Waals surface area contributed by atoms with Crippen LogP contribution >= 0.6 is 0 Å². The molecule has 0 rings (SSSR count). The monoisotopic (exact) mass is 217 g/mol. The van der Waals surface area contributed by atoms with E-state index in [1.807, 2.05) is 0 Å². The Labute approximate surface area is 92.3 Å². The molecule has 4 heteroatoms. The van der Waals surface area contributed by atoms with E-state index in [0.29, 0.717) is 6.61 Å². The summed E-state index contributed by atoms with van der Waals surface area (Å²) in [6.07, 6.45) is 0.972. The smallest absolute Gasteiger partial charge is 0.319 e. The van der Waals surface area contributed by atoms with Gasteiger partial charge in [-0.15, -0.1) is 0 Å². The molecule has 0 fully saturated rings. The molecule has 15 heavy (non-hydrogen) atoms. The zero-order chi connectivity index (χ0) is 11.7. The van der Waals surface area contributed by atoms with Crippen LogP contribution in [-0.4, -0.2) is 39.4 Å². The van der Waals surface area contributed by atoms with E-state index in [-0.39, 0.29) is 17.9 Å². The normalized spacial score (nSPS) is 11.5. The van der Waals surface area contributed by atoms with Gasteiger partial charge in [0.05, 0.1) is 13.2 Å². The molecule has 0 aromatic heterocycles. The molecule has 0 amide bonds. The molecular weight excluding hydrogens is 194 g/mol. The highest BCUT2D eigenvalue weighted by Gasteiger charge is 2.17. The van der Waals surface area contributed by atoms with Crippen molar-refractivity contribution in [2.45, 2.75) is 27.2 Å². The van der Waals surface area contributed by atoms with Crippen molar-refractivity contribution in [1.82, 2.24) is 5.32 Å². The number of esters is 1. The molecule has 0 aliphatic heterocycles. The number of carbonyl (C=O) groups excluding carboxylic acids is 1. The predicted molar refractivity (Wildman–Crippen MR) is 59.8 cm³/mol. The van der Waals surface area contributed by atoms with E-state index in [1.165, 1.54) is 0 Å². The van der Waals surface area contributed by atoms with E-state index in [0.717, 1.165) is 19.6 Å². The van der Waals surface area contributed by atoms with Crippen LogP contribution in [-0.2, 0) is 14.3 Å². The Morgan fingerprint density at radius 3 is 2.60 bits per heavy atom. The van der Waals surface area contributed by atoms with Gasteiger partial charge in [0.15, 0.2) is 0 Å². The highest BCUT2D eigenvalue weighted by atomic mass is 16.5. The lowest BCUT2D eigenvalue weighted by atomic mass is 9.90. The molecule has 0 bridgehead atoms. The molecule has 0 heterocycles. The number of carbonyl (C=O) groups is 1. The minimum atomic E-state index is -0.194.